The van der Waals surface area contributed by atoms with E-state index in [2.05, 4.69) is 0 Å². The predicted octanol–water partition coefficient (Wildman–Crippen LogP) is 1.53. The second-order valence-corrected chi connectivity index (χ2v) is 6.98. The normalized spacial score (nSPS) is 20.4. The van der Waals surface area contributed by atoms with Crippen molar-refractivity contribution in [1.82, 2.24) is 4.31 Å². The van der Waals surface area contributed by atoms with Crippen LogP contribution in [0.15, 0.2) is 24.3 Å². The summed E-state index contributed by atoms with van der Waals surface area (Å²) < 4.78 is 37.0. The van der Waals surface area contributed by atoms with Crippen LogP contribution in [0.1, 0.15) is 24.5 Å². The summed E-state index contributed by atoms with van der Waals surface area (Å²) in [5.41, 5.74) is 0.680. The molecule has 1 saturated heterocycles. The minimum absolute atomic E-state index is 0.0171. The topological polar surface area (TPSA) is 57.6 Å². The zero-order valence-electron chi connectivity index (χ0n) is 10.8. The van der Waals surface area contributed by atoms with Gasteiger partial charge in [0.25, 0.3) is 0 Å². The van der Waals surface area contributed by atoms with Crippen molar-refractivity contribution in [3.63, 3.8) is 0 Å². The Bertz CT molecular complexity index is 521. The first kappa shape index (κ1) is 14.4. The minimum Gasteiger partial charge on any atom is -0.388 e. The van der Waals surface area contributed by atoms with Gasteiger partial charge in [-0.05, 0) is 36.5 Å². The van der Waals surface area contributed by atoms with Crippen LogP contribution < -0.4 is 0 Å². The Morgan fingerprint density at radius 2 is 1.79 bits per heavy atom. The highest BCUT2D eigenvalue weighted by Gasteiger charge is 2.29. The lowest BCUT2D eigenvalue weighted by molar-refractivity contribution is 0.0761. The van der Waals surface area contributed by atoms with Crippen LogP contribution in [0.2, 0.25) is 0 Å². The standard InChI is InChI=1S/C13H18FNO3S/c1-19(17,18)15-8-6-11(7-9-15)13(16)10-2-4-12(14)5-3-10/h2-5,11,13,16H,6-9H2,1H3. The molecule has 0 spiro atoms. The molecule has 0 bridgehead atoms. The quantitative estimate of drug-likeness (QED) is 0.917. The van der Waals surface area contributed by atoms with Gasteiger partial charge < -0.3 is 5.11 Å². The number of sulfonamides is 1. The second-order valence-electron chi connectivity index (χ2n) is 5.00. The molecule has 0 saturated carbocycles. The van der Waals surface area contributed by atoms with Gasteiger partial charge in [-0.2, -0.15) is 0 Å². The van der Waals surface area contributed by atoms with Crippen LogP contribution in [0.3, 0.4) is 0 Å². The Hall–Kier alpha value is -0.980. The number of piperidine rings is 1. The molecule has 1 aliphatic rings. The Morgan fingerprint density at radius 3 is 2.26 bits per heavy atom. The molecule has 1 aromatic rings. The summed E-state index contributed by atoms with van der Waals surface area (Å²) in [6.07, 6.45) is 1.77. The molecular weight excluding hydrogens is 269 g/mol. The highest BCUT2D eigenvalue weighted by Crippen LogP contribution is 2.31. The van der Waals surface area contributed by atoms with Crippen molar-refractivity contribution in [2.75, 3.05) is 19.3 Å². The average Bonchev–Trinajstić information content (AvgIpc) is 2.38. The summed E-state index contributed by atoms with van der Waals surface area (Å²) >= 11 is 0. The molecule has 0 amide bonds. The molecule has 1 N–H and O–H groups in total. The molecule has 0 aliphatic carbocycles. The smallest absolute Gasteiger partial charge is 0.211 e. The molecular formula is C13H18FNO3S. The lowest BCUT2D eigenvalue weighted by Gasteiger charge is -2.32. The van der Waals surface area contributed by atoms with Crippen molar-refractivity contribution in [3.05, 3.63) is 35.6 Å². The van der Waals surface area contributed by atoms with Gasteiger partial charge in [-0.25, -0.2) is 17.1 Å². The van der Waals surface area contributed by atoms with E-state index in [0.29, 0.717) is 31.5 Å². The Labute approximate surface area is 112 Å². The summed E-state index contributed by atoms with van der Waals surface area (Å²) in [5, 5.41) is 10.2. The average molecular weight is 287 g/mol. The van der Waals surface area contributed by atoms with Gasteiger partial charge in [0.2, 0.25) is 10.0 Å². The molecule has 1 unspecified atom stereocenters. The fourth-order valence-electron chi connectivity index (χ4n) is 2.46. The Morgan fingerprint density at radius 1 is 1.26 bits per heavy atom. The third kappa shape index (κ3) is 3.52. The Kier molecular flexibility index (Phi) is 4.23. The van der Waals surface area contributed by atoms with Crippen LogP contribution in [0, 0.1) is 11.7 Å². The number of aliphatic hydroxyl groups excluding tert-OH is 1. The van der Waals surface area contributed by atoms with Crippen LogP contribution in [0.5, 0.6) is 0 Å². The van der Waals surface area contributed by atoms with E-state index in [9.17, 15) is 17.9 Å². The van der Waals surface area contributed by atoms with Gasteiger partial charge >= 0.3 is 0 Å². The van der Waals surface area contributed by atoms with E-state index in [1.165, 1.54) is 22.7 Å². The molecule has 6 heteroatoms. The SMILES string of the molecule is CS(=O)(=O)N1CCC(C(O)c2ccc(F)cc2)CC1. The first-order chi connectivity index (χ1) is 8.88. The van der Waals surface area contributed by atoms with Gasteiger partial charge in [-0.15, -0.1) is 0 Å². The molecule has 1 atom stereocenters. The van der Waals surface area contributed by atoms with Crippen LogP contribution in [0.25, 0.3) is 0 Å². The maximum absolute atomic E-state index is 12.8. The number of rotatable bonds is 3. The predicted molar refractivity (Wildman–Crippen MR) is 70.5 cm³/mol. The van der Waals surface area contributed by atoms with E-state index in [0.717, 1.165) is 0 Å². The van der Waals surface area contributed by atoms with Gasteiger partial charge in [0.05, 0.1) is 12.4 Å². The van der Waals surface area contributed by atoms with Gasteiger partial charge in [0.15, 0.2) is 0 Å². The van der Waals surface area contributed by atoms with E-state index in [4.69, 9.17) is 0 Å². The maximum Gasteiger partial charge on any atom is 0.211 e. The fourth-order valence-corrected chi connectivity index (χ4v) is 3.33. The zero-order chi connectivity index (χ0) is 14.0. The lowest BCUT2D eigenvalue weighted by Crippen LogP contribution is -2.39. The molecule has 0 radical (unpaired) electrons. The summed E-state index contributed by atoms with van der Waals surface area (Å²) in [6.45, 7) is 0.865. The summed E-state index contributed by atoms with van der Waals surface area (Å²) in [5.74, 6) is -0.314. The molecule has 2 rings (SSSR count). The summed E-state index contributed by atoms with van der Waals surface area (Å²) in [6, 6.07) is 5.79. The number of hydrogen-bond donors (Lipinski definition) is 1. The van der Waals surface area contributed by atoms with Crippen molar-refractivity contribution in [2.24, 2.45) is 5.92 Å². The van der Waals surface area contributed by atoms with E-state index >= 15 is 0 Å². The number of nitrogens with zero attached hydrogens (tertiary/aromatic N) is 1. The van der Waals surface area contributed by atoms with Crippen molar-refractivity contribution in [3.8, 4) is 0 Å². The number of aliphatic hydroxyl groups is 1. The van der Waals surface area contributed by atoms with E-state index in [1.54, 1.807) is 12.1 Å². The van der Waals surface area contributed by atoms with Crippen molar-refractivity contribution in [2.45, 2.75) is 18.9 Å². The van der Waals surface area contributed by atoms with Crippen LogP contribution in [-0.2, 0) is 10.0 Å². The largest absolute Gasteiger partial charge is 0.388 e. The third-order valence-corrected chi connectivity index (χ3v) is 4.93. The van der Waals surface area contributed by atoms with Crippen molar-refractivity contribution < 1.29 is 17.9 Å². The maximum atomic E-state index is 12.8. The van der Waals surface area contributed by atoms with Gasteiger partial charge in [0, 0.05) is 13.1 Å². The molecule has 1 aromatic carbocycles. The van der Waals surface area contributed by atoms with Gasteiger partial charge in [0.1, 0.15) is 5.82 Å². The number of halogens is 1. The van der Waals surface area contributed by atoms with Crippen LogP contribution >= 0.6 is 0 Å². The highest BCUT2D eigenvalue weighted by molar-refractivity contribution is 7.88. The fraction of sp³-hybridized carbons (Fsp3) is 0.538. The highest BCUT2D eigenvalue weighted by atomic mass is 32.2. The number of benzene rings is 1. The van der Waals surface area contributed by atoms with E-state index in [1.807, 2.05) is 0 Å². The molecule has 1 fully saturated rings. The van der Waals surface area contributed by atoms with Gasteiger partial charge in [-0.1, -0.05) is 12.1 Å². The lowest BCUT2D eigenvalue weighted by atomic mass is 9.88. The number of hydrogen-bond acceptors (Lipinski definition) is 3. The molecule has 19 heavy (non-hydrogen) atoms. The minimum atomic E-state index is -3.14. The zero-order valence-corrected chi connectivity index (χ0v) is 11.6. The van der Waals surface area contributed by atoms with Crippen LogP contribution in [0.4, 0.5) is 4.39 Å². The summed E-state index contributed by atoms with van der Waals surface area (Å²) in [7, 11) is -3.14. The second kappa shape index (κ2) is 5.56. The third-order valence-electron chi connectivity index (χ3n) is 3.63. The Balaban J connectivity index is 1.99. The van der Waals surface area contributed by atoms with Crippen molar-refractivity contribution >= 4 is 10.0 Å². The molecule has 0 aromatic heterocycles. The molecule has 106 valence electrons. The van der Waals surface area contributed by atoms with Gasteiger partial charge in [-0.3, -0.25) is 0 Å². The van der Waals surface area contributed by atoms with Crippen molar-refractivity contribution in [1.29, 1.82) is 0 Å². The molecule has 1 aliphatic heterocycles. The monoisotopic (exact) mass is 287 g/mol. The van der Waals surface area contributed by atoms with E-state index in [-0.39, 0.29) is 11.7 Å². The summed E-state index contributed by atoms with van der Waals surface area (Å²) in [4.78, 5) is 0. The molecule has 1 heterocycles. The first-order valence-electron chi connectivity index (χ1n) is 6.26. The van der Waals surface area contributed by atoms with E-state index < -0.39 is 16.1 Å². The first-order valence-corrected chi connectivity index (χ1v) is 8.11. The molecule has 4 nitrogen and oxygen atoms in total. The van der Waals surface area contributed by atoms with Crippen LogP contribution in [-0.4, -0.2) is 37.2 Å².